The minimum Gasteiger partial charge on any atom is -0.441 e. The maximum absolute atomic E-state index is 12.9. The molecule has 0 aliphatic carbocycles. The first kappa shape index (κ1) is 22.2. The molecule has 2 heterocycles. The van der Waals surface area contributed by atoms with Crippen LogP contribution in [0.2, 0.25) is 0 Å². The molecule has 2 aromatic carbocycles. The third kappa shape index (κ3) is 5.08. The number of oxazole rings is 1. The Morgan fingerprint density at radius 1 is 1.06 bits per heavy atom. The van der Waals surface area contributed by atoms with Crippen LogP contribution in [0.1, 0.15) is 36.3 Å². The zero-order valence-electron chi connectivity index (χ0n) is 18.1. The molecule has 0 spiro atoms. The van der Waals surface area contributed by atoms with Crippen LogP contribution < -0.4 is 5.32 Å². The number of nitrogens with zero attached hydrogens (tertiary/aromatic N) is 2. The van der Waals surface area contributed by atoms with Crippen molar-refractivity contribution in [3.63, 3.8) is 0 Å². The van der Waals surface area contributed by atoms with Crippen LogP contribution in [0, 0.1) is 6.92 Å². The molecule has 3 aromatic rings. The van der Waals surface area contributed by atoms with Crippen molar-refractivity contribution in [1.29, 1.82) is 0 Å². The van der Waals surface area contributed by atoms with Gasteiger partial charge in [0.2, 0.25) is 21.8 Å². The van der Waals surface area contributed by atoms with Crippen LogP contribution >= 0.6 is 0 Å². The fourth-order valence-electron chi connectivity index (χ4n) is 3.78. The number of aryl methyl sites for hydroxylation is 1. The minimum atomic E-state index is -3.50. The Morgan fingerprint density at radius 3 is 2.56 bits per heavy atom. The Labute approximate surface area is 188 Å². The van der Waals surface area contributed by atoms with Crippen molar-refractivity contribution in [3.05, 3.63) is 71.6 Å². The fraction of sp³-hybridized carbons (Fsp3) is 0.333. The largest absolute Gasteiger partial charge is 0.441 e. The van der Waals surface area contributed by atoms with Gasteiger partial charge in [-0.15, -0.1) is 0 Å². The monoisotopic (exact) mass is 453 g/mol. The Balaban J connectivity index is 1.39. The topological polar surface area (TPSA) is 92.5 Å². The molecule has 168 valence electrons. The number of hydrogen-bond donors (Lipinski definition) is 1. The van der Waals surface area contributed by atoms with Crippen LogP contribution in [0.5, 0.6) is 0 Å². The smallest absolute Gasteiger partial charge is 0.243 e. The quantitative estimate of drug-likeness (QED) is 0.589. The summed E-state index contributed by atoms with van der Waals surface area (Å²) in [4.78, 5) is 17.2. The summed E-state index contributed by atoms with van der Waals surface area (Å²) in [5.74, 6) is 0.889. The molecule has 1 aliphatic rings. The van der Waals surface area contributed by atoms with Gasteiger partial charge in [-0.05, 0) is 49.6 Å². The van der Waals surface area contributed by atoms with Crippen molar-refractivity contribution >= 4 is 15.9 Å². The van der Waals surface area contributed by atoms with E-state index in [1.807, 2.05) is 36.4 Å². The highest BCUT2D eigenvalue weighted by Crippen LogP contribution is 2.23. The molecule has 1 N–H and O–H groups in total. The van der Waals surface area contributed by atoms with E-state index >= 15 is 0 Å². The molecule has 1 saturated heterocycles. The average Bonchev–Trinajstić information content (AvgIpc) is 3.19. The highest BCUT2D eigenvalue weighted by atomic mass is 32.2. The molecule has 0 unspecified atom stereocenters. The van der Waals surface area contributed by atoms with Crippen molar-refractivity contribution in [3.8, 4) is 11.5 Å². The zero-order chi connectivity index (χ0) is 22.6. The predicted molar refractivity (Wildman–Crippen MR) is 121 cm³/mol. The number of hydrogen-bond acceptors (Lipinski definition) is 5. The lowest BCUT2D eigenvalue weighted by atomic mass is 10.2. The third-order valence-corrected chi connectivity index (χ3v) is 7.48. The second kappa shape index (κ2) is 9.67. The predicted octanol–water partition coefficient (Wildman–Crippen LogP) is 3.68. The highest BCUT2D eigenvalue weighted by molar-refractivity contribution is 7.89. The molecule has 0 saturated carbocycles. The van der Waals surface area contributed by atoms with E-state index in [1.165, 1.54) is 0 Å². The molecular weight excluding hydrogens is 426 g/mol. The Hall–Kier alpha value is -2.97. The molecular formula is C24H27N3O4S. The van der Waals surface area contributed by atoms with Crippen molar-refractivity contribution in [1.82, 2.24) is 14.6 Å². The van der Waals surface area contributed by atoms with Crippen molar-refractivity contribution < 1.29 is 17.6 Å². The van der Waals surface area contributed by atoms with Gasteiger partial charge in [0.1, 0.15) is 5.76 Å². The van der Waals surface area contributed by atoms with Gasteiger partial charge in [-0.1, -0.05) is 36.8 Å². The van der Waals surface area contributed by atoms with Gasteiger partial charge in [-0.2, -0.15) is 4.31 Å². The van der Waals surface area contributed by atoms with Gasteiger partial charge in [0, 0.05) is 25.2 Å². The van der Waals surface area contributed by atoms with E-state index < -0.39 is 10.0 Å². The number of amides is 1. The fourth-order valence-corrected chi connectivity index (χ4v) is 5.37. The standard InChI is InChI=1S/C24H27N3O4S/c1-18-22(26-24(31-18)20-10-4-2-5-11-20)16-23(28)25-17-19-9-8-12-21(15-19)32(29,30)27-13-6-3-7-14-27/h2,4-5,8-12,15H,3,6-7,13-14,16-17H2,1H3,(H,25,28). The number of benzene rings is 2. The third-order valence-electron chi connectivity index (χ3n) is 5.58. The molecule has 8 heteroatoms. The average molecular weight is 454 g/mol. The number of rotatable bonds is 7. The highest BCUT2D eigenvalue weighted by Gasteiger charge is 2.26. The van der Waals surface area contributed by atoms with Gasteiger partial charge in [0.05, 0.1) is 17.0 Å². The summed E-state index contributed by atoms with van der Waals surface area (Å²) in [5.41, 5.74) is 2.18. The lowest BCUT2D eigenvalue weighted by Gasteiger charge is -2.26. The van der Waals surface area contributed by atoms with E-state index in [0.717, 1.165) is 30.4 Å². The normalized spacial score (nSPS) is 14.9. The van der Waals surface area contributed by atoms with Gasteiger partial charge >= 0.3 is 0 Å². The molecule has 32 heavy (non-hydrogen) atoms. The van der Waals surface area contributed by atoms with Crippen LogP contribution in [0.25, 0.3) is 11.5 Å². The van der Waals surface area contributed by atoms with E-state index in [1.54, 1.807) is 29.4 Å². The molecule has 7 nitrogen and oxygen atoms in total. The first-order chi connectivity index (χ1) is 15.4. The Bertz CT molecular complexity index is 1180. The number of carbonyl (C=O) groups excluding carboxylic acids is 1. The summed E-state index contributed by atoms with van der Waals surface area (Å²) in [6, 6.07) is 16.3. The van der Waals surface area contributed by atoms with Gasteiger partial charge in [0.25, 0.3) is 0 Å². The molecule has 1 fully saturated rings. The van der Waals surface area contributed by atoms with Crippen LogP contribution in [0.3, 0.4) is 0 Å². The van der Waals surface area contributed by atoms with E-state index in [0.29, 0.717) is 30.4 Å². The summed E-state index contributed by atoms with van der Waals surface area (Å²) in [6.07, 6.45) is 2.94. The van der Waals surface area contributed by atoms with Gasteiger partial charge in [-0.3, -0.25) is 4.79 Å². The van der Waals surface area contributed by atoms with Crippen LogP contribution in [-0.2, 0) is 27.8 Å². The lowest BCUT2D eigenvalue weighted by molar-refractivity contribution is -0.120. The molecule has 4 rings (SSSR count). The summed E-state index contributed by atoms with van der Waals surface area (Å²) in [7, 11) is -3.50. The summed E-state index contributed by atoms with van der Waals surface area (Å²) in [5, 5.41) is 2.85. The van der Waals surface area contributed by atoms with Crippen LogP contribution in [0.4, 0.5) is 0 Å². The molecule has 1 aliphatic heterocycles. The van der Waals surface area contributed by atoms with Crippen molar-refractivity contribution in [2.45, 2.75) is 44.0 Å². The Kier molecular flexibility index (Phi) is 6.72. The molecule has 1 aromatic heterocycles. The van der Waals surface area contributed by atoms with Crippen molar-refractivity contribution in [2.75, 3.05) is 13.1 Å². The van der Waals surface area contributed by atoms with Crippen LogP contribution in [0.15, 0.2) is 63.9 Å². The summed E-state index contributed by atoms with van der Waals surface area (Å²) < 4.78 is 33.1. The SMILES string of the molecule is Cc1oc(-c2ccccc2)nc1CC(=O)NCc1cccc(S(=O)(=O)N2CCCCC2)c1. The molecule has 0 bridgehead atoms. The maximum Gasteiger partial charge on any atom is 0.243 e. The van der Waals surface area contributed by atoms with Gasteiger partial charge in [-0.25, -0.2) is 13.4 Å². The van der Waals surface area contributed by atoms with Crippen LogP contribution in [-0.4, -0.2) is 36.7 Å². The second-order valence-electron chi connectivity index (χ2n) is 7.95. The first-order valence-electron chi connectivity index (χ1n) is 10.8. The van der Waals surface area contributed by atoms with E-state index in [4.69, 9.17) is 4.42 Å². The number of aromatic nitrogens is 1. The lowest BCUT2D eigenvalue weighted by Crippen LogP contribution is -2.35. The number of nitrogens with one attached hydrogen (secondary N) is 1. The molecule has 0 atom stereocenters. The second-order valence-corrected chi connectivity index (χ2v) is 9.89. The molecule has 0 radical (unpaired) electrons. The molecule has 1 amide bonds. The van der Waals surface area contributed by atoms with E-state index in [9.17, 15) is 13.2 Å². The summed E-state index contributed by atoms with van der Waals surface area (Å²) >= 11 is 0. The first-order valence-corrected chi connectivity index (χ1v) is 12.2. The summed E-state index contributed by atoms with van der Waals surface area (Å²) in [6.45, 7) is 3.15. The van der Waals surface area contributed by atoms with Gasteiger partial charge < -0.3 is 9.73 Å². The minimum absolute atomic E-state index is 0.0912. The van der Waals surface area contributed by atoms with Gasteiger partial charge in [0.15, 0.2) is 0 Å². The number of piperidine rings is 1. The van der Waals surface area contributed by atoms with E-state index in [2.05, 4.69) is 10.3 Å². The van der Waals surface area contributed by atoms with E-state index in [-0.39, 0.29) is 23.8 Å². The zero-order valence-corrected chi connectivity index (χ0v) is 18.9. The number of sulfonamides is 1. The van der Waals surface area contributed by atoms with Crippen molar-refractivity contribution in [2.24, 2.45) is 0 Å². The number of carbonyl (C=O) groups is 1. The Morgan fingerprint density at radius 2 is 1.81 bits per heavy atom. The maximum atomic E-state index is 12.9.